The van der Waals surface area contributed by atoms with Crippen LogP contribution in [0, 0.1) is 5.92 Å². The molecule has 4 nitrogen and oxygen atoms in total. The molecule has 0 aromatic carbocycles. The van der Waals surface area contributed by atoms with Crippen LogP contribution in [0.5, 0.6) is 0 Å². The maximum atomic E-state index is 5.41. The summed E-state index contributed by atoms with van der Waals surface area (Å²) in [6.45, 7) is 9.23. The van der Waals surface area contributed by atoms with Gasteiger partial charge < -0.3 is 19.3 Å². The van der Waals surface area contributed by atoms with Crippen molar-refractivity contribution in [2.75, 3.05) is 53.6 Å². The molecule has 0 amide bonds. The summed E-state index contributed by atoms with van der Waals surface area (Å²) in [7, 11) is 3.63. The largest absolute Gasteiger partial charge is 0.383 e. The number of rotatable bonds is 8. The molecule has 0 radical (unpaired) electrons. The molecule has 4 heteroatoms. The van der Waals surface area contributed by atoms with Gasteiger partial charge in [-0.15, -0.1) is 0 Å². The molecule has 1 aliphatic heterocycles. The van der Waals surface area contributed by atoms with E-state index in [1.807, 2.05) is 7.11 Å². The van der Waals surface area contributed by atoms with Gasteiger partial charge in [0.1, 0.15) is 0 Å². The fourth-order valence-corrected chi connectivity index (χ4v) is 3.51. The summed E-state index contributed by atoms with van der Waals surface area (Å²) < 4.78 is 10.6. The lowest BCUT2D eigenvalue weighted by molar-refractivity contribution is -0.0324. The number of hydrogen-bond donors (Lipinski definition) is 0. The molecule has 118 valence electrons. The van der Waals surface area contributed by atoms with Crippen molar-refractivity contribution in [3.63, 3.8) is 0 Å². The molecule has 1 aliphatic carbocycles. The zero-order valence-electron chi connectivity index (χ0n) is 13.5. The zero-order chi connectivity index (χ0) is 14.4. The van der Waals surface area contributed by atoms with Gasteiger partial charge in [-0.25, -0.2) is 0 Å². The molecule has 2 rings (SSSR count). The number of piperidine rings is 1. The van der Waals surface area contributed by atoms with Gasteiger partial charge in [-0.3, -0.25) is 0 Å². The van der Waals surface area contributed by atoms with Gasteiger partial charge in [0, 0.05) is 33.4 Å². The molecule has 20 heavy (non-hydrogen) atoms. The van der Waals surface area contributed by atoms with Crippen LogP contribution in [0.15, 0.2) is 0 Å². The first-order valence-corrected chi connectivity index (χ1v) is 8.25. The molecule has 0 aromatic heterocycles. The van der Waals surface area contributed by atoms with E-state index < -0.39 is 0 Å². The van der Waals surface area contributed by atoms with Crippen LogP contribution in [0.1, 0.15) is 32.6 Å². The first-order chi connectivity index (χ1) is 9.76. The molecular formula is C16H32N2O2. The molecule has 0 spiro atoms. The summed E-state index contributed by atoms with van der Waals surface area (Å²) in [5.74, 6) is 0.885. The normalized spacial score (nSPS) is 28.8. The van der Waals surface area contributed by atoms with Gasteiger partial charge in [0.2, 0.25) is 0 Å². The highest BCUT2D eigenvalue weighted by Crippen LogP contribution is 2.29. The number of likely N-dealkylation sites (tertiary alicyclic amines) is 1. The average molecular weight is 284 g/mol. The van der Waals surface area contributed by atoms with Crippen molar-refractivity contribution in [2.24, 2.45) is 5.92 Å². The maximum Gasteiger partial charge on any atom is 0.0601 e. The van der Waals surface area contributed by atoms with Crippen molar-refractivity contribution >= 4 is 0 Å². The van der Waals surface area contributed by atoms with Crippen LogP contribution >= 0.6 is 0 Å². The third-order valence-electron chi connectivity index (χ3n) is 5.14. The van der Waals surface area contributed by atoms with Crippen molar-refractivity contribution in [1.29, 1.82) is 0 Å². The highest BCUT2D eigenvalue weighted by molar-refractivity contribution is 4.89. The van der Waals surface area contributed by atoms with Crippen molar-refractivity contribution in [3.05, 3.63) is 0 Å². The third-order valence-corrected chi connectivity index (χ3v) is 5.14. The Hall–Kier alpha value is -0.160. The number of methoxy groups -OCH3 is 2. The Balaban J connectivity index is 1.66. The fourth-order valence-electron chi connectivity index (χ4n) is 3.51. The van der Waals surface area contributed by atoms with Crippen molar-refractivity contribution in [1.82, 2.24) is 9.80 Å². The Morgan fingerprint density at radius 3 is 2.40 bits per heavy atom. The summed E-state index contributed by atoms with van der Waals surface area (Å²) in [5.41, 5.74) is 0. The molecule has 0 aromatic rings. The first kappa shape index (κ1) is 16.2. The average Bonchev–Trinajstić information content (AvgIpc) is 2.44. The van der Waals surface area contributed by atoms with Gasteiger partial charge in [-0.05, 0) is 51.2 Å². The van der Waals surface area contributed by atoms with Crippen molar-refractivity contribution < 1.29 is 9.47 Å². The van der Waals surface area contributed by atoms with Crippen LogP contribution in [-0.4, -0.2) is 75.5 Å². The van der Waals surface area contributed by atoms with Gasteiger partial charge in [-0.2, -0.15) is 0 Å². The highest BCUT2D eigenvalue weighted by atomic mass is 16.5. The van der Waals surface area contributed by atoms with Crippen LogP contribution in [0.25, 0.3) is 0 Å². The summed E-state index contributed by atoms with van der Waals surface area (Å²) >= 11 is 0. The van der Waals surface area contributed by atoms with Crippen LogP contribution in [0.2, 0.25) is 0 Å². The lowest BCUT2D eigenvalue weighted by Gasteiger charge is -2.44. The smallest absolute Gasteiger partial charge is 0.0601 e. The number of ether oxygens (including phenoxy) is 2. The number of nitrogens with zero attached hydrogens (tertiary/aromatic N) is 2. The Morgan fingerprint density at radius 1 is 1.15 bits per heavy atom. The molecule has 1 heterocycles. The molecule has 2 aliphatic rings. The lowest BCUT2D eigenvalue weighted by Crippen LogP contribution is -2.50. The van der Waals surface area contributed by atoms with Crippen LogP contribution in [-0.2, 0) is 9.47 Å². The van der Waals surface area contributed by atoms with E-state index >= 15 is 0 Å². The summed E-state index contributed by atoms with van der Waals surface area (Å²) in [6, 6.07) is 0.775. The lowest BCUT2D eigenvalue weighted by atomic mass is 9.86. The minimum atomic E-state index is 0.518. The van der Waals surface area contributed by atoms with E-state index in [9.17, 15) is 0 Å². The zero-order valence-corrected chi connectivity index (χ0v) is 13.5. The molecule has 1 saturated heterocycles. The molecule has 0 unspecified atom stereocenters. The van der Waals surface area contributed by atoms with E-state index in [2.05, 4.69) is 16.7 Å². The number of hydrogen-bond acceptors (Lipinski definition) is 4. The van der Waals surface area contributed by atoms with Gasteiger partial charge >= 0.3 is 0 Å². The van der Waals surface area contributed by atoms with Gasteiger partial charge in [0.25, 0.3) is 0 Å². The Kier molecular flexibility index (Phi) is 6.75. The van der Waals surface area contributed by atoms with E-state index in [1.165, 1.54) is 51.9 Å². The molecule has 0 bridgehead atoms. The van der Waals surface area contributed by atoms with Gasteiger partial charge in [0.15, 0.2) is 0 Å². The summed E-state index contributed by atoms with van der Waals surface area (Å²) in [4.78, 5) is 5.23. The molecule has 0 atom stereocenters. The quantitative estimate of drug-likeness (QED) is 0.679. The summed E-state index contributed by atoms with van der Waals surface area (Å²) in [5, 5.41) is 0. The monoisotopic (exact) mass is 284 g/mol. The van der Waals surface area contributed by atoms with Crippen LogP contribution in [0.4, 0.5) is 0 Å². The van der Waals surface area contributed by atoms with Crippen LogP contribution in [0.3, 0.4) is 0 Å². The third kappa shape index (κ3) is 4.42. The Bertz CT molecular complexity index is 261. The molecule has 2 fully saturated rings. The highest BCUT2D eigenvalue weighted by Gasteiger charge is 2.34. The van der Waals surface area contributed by atoms with Crippen molar-refractivity contribution in [2.45, 2.75) is 44.8 Å². The fraction of sp³-hybridized carbons (Fsp3) is 1.00. The second-order valence-electron chi connectivity index (χ2n) is 6.35. The second kappa shape index (κ2) is 8.32. The van der Waals surface area contributed by atoms with E-state index in [1.54, 1.807) is 7.11 Å². The molecular weight excluding hydrogens is 252 g/mol. The minimum Gasteiger partial charge on any atom is -0.383 e. The molecule has 1 saturated carbocycles. The minimum absolute atomic E-state index is 0.518. The Morgan fingerprint density at radius 2 is 1.85 bits per heavy atom. The van der Waals surface area contributed by atoms with Gasteiger partial charge in [-0.1, -0.05) is 6.92 Å². The van der Waals surface area contributed by atoms with E-state index in [0.717, 1.165) is 25.1 Å². The molecule has 0 N–H and O–H groups in total. The predicted molar refractivity (Wildman–Crippen MR) is 82.1 cm³/mol. The Labute approximate surface area is 124 Å². The van der Waals surface area contributed by atoms with E-state index in [0.29, 0.717) is 6.10 Å². The predicted octanol–water partition coefficient (Wildman–Crippen LogP) is 1.84. The maximum absolute atomic E-state index is 5.41. The van der Waals surface area contributed by atoms with Crippen LogP contribution < -0.4 is 0 Å². The topological polar surface area (TPSA) is 24.9 Å². The standard InChI is InChI=1S/C16H32N2O2/c1-4-18(15-11-16(12-15)20-3)13-14-5-7-17(8-6-14)9-10-19-2/h14-16H,4-13H2,1-3H3/t15-,16-. The first-order valence-electron chi connectivity index (χ1n) is 8.25. The van der Waals surface area contributed by atoms with Gasteiger partial charge in [0.05, 0.1) is 12.7 Å². The second-order valence-corrected chi connectivity index (χ2v) is 6.35. The van der Waals surface area contributed by atoms with Crippen molar-refractivity contribution in [3.8, 4) is 0 Å². The SMILES string of the molecule is CCN(CC1CCN(CCOC)CC1)[C@H]1C[C@H](OC)C1. The van der Waals surface area contributed by atoms with E-state index in [4.69, 9.17) is 9.47 Å². The summed E-state index contributed by atoms with van der Waals surface area (Å²) in [6.07, 6.45) is 5.68. The van der Waals surface area contributed by atoms with E-state index in [-0.39, 0.29) is 0 Å².